The molecule has 0 radical (unpaired) electrons. The molecule has 5 rings (SSSR count). The number of thiophene rings is 1. The molecule has 0 saturated carbocycles. The lowest BCUT2D eigenvalue weighted by Gasteiger charge is -2.21. The van der Waals surface area contributed by atoms with Crippen molar-refractivity contribution in [3.63, 3.8) is 0 Å². The van der Waals surface area contributed by atoms with Gasteiger partial charge in [0.25, 0.3) is 0 Å². The van der Waals surface area contributed by atoms with Crippen molar-refractivity contribution >= 4 is 28.2 Å². The van der Waals surface area contributed by atoms with Crippen molar-refractivity contribution < 1.29 is 18.3 Å². The molecule has 0 unspecified atom stereocenters. The fourth-order valence-corrected chi connectivity index (χ4v) is 5.54. The predicted molar refractivity (Wildman–Crippen MR) is 155 cm³/mol. The average molecular weight is 559 g/mol. The van der Waals surface area contributed by atoms with Crippen molar-refractivity contribution in [3.8, 4) is 11.1 Å². The topological polar surface area (TPSA) is 51.5 Å². The van der Waals surface area contributed by atoms with Gasteiger partial charge in [-0.15, -0.1) is 0 Å². The third-order valence-corrected chi connectivity index (χ3v) is 7.44. The summed E-state index contributed by atoms with van der Waals surface area (Å²) in [5.74, 6) is -2.19. The van der Waals surface area contributed by atoms with E-state index in [1.54, 1.807) is 28.9 Å². The van der Waals surface area contributed by atoms with E-state index in [0.717, 1.165) is 22.3 Å². The van der Waals surface area contributed by atoms with E-state index in [9.17, 15) is 18.4 Å². The number of aromatic nitrogens is 1. The first-order valence-corrected chi connectivity index (χ1v) is 13.8. The number of halogens is 2. The minimum absolute atomic E-state index is 0.0882. The molecule has 0 atom stereocenters. The van der Waals surface area contributed by atoms with Crippen LogP contribution in [0.4, 0.5) is 8.78 Å². The lowest BCUT2D eigenvalue weighted by atomic mass is 9.97. The summed E-state index contributed by atoms with van der Waals surface area (Å²) in [5.41, 5.74) is 3.57. The molecule has 0 fully saturated rings. The van der Waals surface area contributed by atoms with Gasteiger partial charge in [0, 0.05) is 30.2 Å². The molecule has 0 amide bonds. The van der Waals surface area contributed by atoms with E-state index in [0.29, 0.717) is 18.6 Å². The van der Waals surface area contributed by atoms with Crippen molar-refractivity contribution in [1.82, 2.24) is 9.47 Å². The van der Waals surface area contributed by atoms with Crippen LogP contribution in [-0.2, 0) is 24.4 Å². The smallest absolute Gasteiger partial charge is 0.343 e. The number of carbonyl (C=O) groups excluding carboxylic acids is 1. The Hall–Kier alpha value is -4.14. The Morgan fingerprint density at radius 3 is 2.42 bits per heavy atom. The summed E-state index contributed by atoms with van der Waals surface area (Å²) >= 11 is 1.55. The Kier molecular flexibility index (Phi) is 8.19. The number of pyridine rings is 1. The summed E-state index contributed by atoms with van der Waals surface area (Å²) in [4.78, 5) is 28.6. The number of hydrogen-bond acceptors (Lipinski definition) is 5. The van der Waals surface area contributed by atoms with Crippen molar-refractivity contribution in [3.05, 3.63) is 128 Å². The van der Waals surface area contributed by atoms with E-state index >= 15 is 0 Å². The molecule has 5 nitrogen and oxygen atoms in total. The van der Waals surface area contributed by atoms with E-state index < -0.39 is 23.0 Å². The number of hydrogen-bond donors (Lipinski definition) is 0. The molecular formula is C32H28F2N2O3S. The lowest BCUT2D eigenvalue weighted by Crippen LogP contribution is -2.22. The Labute approximate surface area is 234 Å². The van der Waals surface area contributed by atoms with Crippen LogP contribution in [0, 0.1) is 11.6 Å². The highest BCUT2D eigenvalue weighted by atomic mass is 32.1. The Balaban J connectivity index is 1.69. The standard InChI is InChI=1S/C32H28F2N2O3S/c1-3-39-32(38)27-19-36(18-26-28(33)10-7-11-29(26)34)30-15-24(22-12-13-40-20-22)23(14-25(30)31(27)37)17-35(2)16-21-8-5-4-6-9-21/h4-15,19-20H,3,16-18H2,1-2H3. The summed E-state index contributed by atoms with van der Waals surface area (Å²) in [6, 6.07) is 19.4. The Morgan fingerprint density at radius 1 is 1.00 bits per heavy atom. The van der Waals surface area contributed by atoms with Crippen molar-refractivity contribution in [1.29, 1.82) is 0 Å². The quantitative estimate of drug-likeness (QED) is 0.185. The van der Waals surface area contributed by atoms with Crippen LogP contribution in [0.2, 0.25) is 0 Å². The monoisotopic (exact) mass is 558 g/mol. The number of esters is 1. The van der Waals surface area contributed by atoms with E-state index in [-0.39, 0.29) is 29.7 Å². The number of nitrogens with zero attached hydrogens (tertiary/aromatic N) is 2. The van der Waals surface area contributed by atoms with Gasteiger partial charge in [0.15, 0.2) is 0 Å². The van der Waals surface area contributed by atoms with Gasteiger partial charge in [-0.1, -0.05) is 36.4 Å². The van der Waals surface area contributed by atoms with Gasteiger partial charge in [-0.2, -0.15) is 11.3 Å². The zero-order valence-corrected chi connectivity index (χ0v) is 23.0. The predicted octanol–water partition coefficient (Wildman–Crippen LogP) is 6.87. The highest BCUT2D eigenvalue weighted by Gasteiger charge is 2.21. The molecule has 204 valence electrons. The van der Waals surface area contributed by atoms with E-state index in [1.165, 1.54) is 24.4 Å². The van der Waals surface area contributed by atoms with Gasteiger partial charge in [0.1, 0.15) is 17.2 Å². The van der Waals surface area contributed by atoms with Gasteiger partial charge in [0.2, 0.25) is 5.43 Å². The van der Waals surface area contributed by atoms with E-state index in [1.807, 2.05) is 48.1 Å². The Morgan fingerprint density at radius 2 is 1.75 bits per heavy atom. The molecule has 0 N–H and O–H groups in total. The minimum Gasteiger partial charge on any atom is -0.462 e. The third-order valence-electron chi connectivity index (χ3n) is 6.76. The summed E-state index contributed by atoms with van der Waals surface area (Å²) in [6.45, 7) is 2.76. The second kappa shape index (κ2) is 11.9. The van der Waals surface area contributed by atoms with Crippen molar-refractivity contribution in [2.45, 2.75) is 26.6 Å². The number of rotatable bonds is 9. The highest BCUT2D eigenvalue weighted by molar-refractivity contribution is 7.08. The van der Waals surface area contributed by atoms with E-state index in [4.69, 9.17) is 4.74 Å². The maximum atomic E-state index is 14.7. The fraction of sp³-hybridized carbons (Fsp3) is 0.188. The second-order valence-corrected chi connectivity index (χ2v) is 10.4. The van der Waals surface area contributed by atoms with Crippen LogP contribution in [0.5, 0.6) is 0 Å². The first kappa shape index (κ1) is 27.4. The molecule has 2 aromatic heterocycles. The minimum atomic E-state index is -0.776. The maximum Gasteiger partial charge on any atom is 0.343 e. The van der Waals surface area contributed by atoms with Gasteiger partial charge >= 0.3 is 5.97 Å². The average Bonchev–Trinajstić information content (AvgIpc) is 3.47. The molecule has 40 heavy (non-hydrogen) atoms. The normalized spacial score (nSPS) is 11.3. The Bertz CT molecular complexity index is 1700. The zero-order chi connectivity index (χ0) is 28.2. The van der Waals surface area contributed by atoms with Crippen molar-refractivity contribution in [2.75, 3.05) is 13.7 Å². The van der Waals surface area contributed by atoms with Crippen molar-refractivity contribution in [2.24, 2.45) is 0 Å². The van der Waals surface area contributed by atoms with Crippen LogP contribution < -0.4 is 5.43 Å². The van der Waals surface area contributed by atoms with Gasteiger partial charge < -0.3 is 9.30 Å². The van der Waals surface area contributed by atoms with Gasteiger partial charge in [-0.25, -0.2) is 13.6 Å². The van der Waals surface area contributed by atoms with Crippen LogP contribution in [0.25, 0.3) is 22.0 Å². The fourth-order valence-electron chi connectivity index (χ4n) is 4.88. The second-order valence-electron chi connectivity index (χ2n) is 9.62. The SMILES string of the molecule is CCOC(=O)c1cn(Cc2c(F)cccc2F)c2cc(-c3ccsc3)c(CN(C)Cc3ccccc3)cc2c1=O. The first-order chi connectivity index (χ1) is 19.4. The van der Waals surface area contributed by atoms with Crippen LogP contribution in [0.15, 0.2) is 88.5 Å². The number of benzene rings is 3. The van der Waals surface area contributed by atoms with Crippen LogP contribution in [0.3, 0.4) is 0 Å². The summed E-state index contributed by atoms with van der Waals surface area (Å²) in [5, 5.41) is 4.28. The number of ether oxygens (including phenoxy) is 1. The molecular weight excluding hydrogens is 530 g/mol. The molecule has 0 saturated heterocycles. The summed E-state index contributed by atoms with van der Waals surface area (Å²) in [7, 11) is 2.00. The van der Waals surface area contributed by atoms with Crippen LogP contribution in [0.1, 0.15) is 34.0 Å². The number of fused-ring (bicyclic) bond motifs is 1. The van der Waals surface area contributed by atoms with E-state index in [2.05, 4.69) is 17.0 Å². The van der Waals surface area contributed by atoms with Crippen LogP contribution >= 0.6 is 11.3 Å². The lowest BCUT2D eigenvalue weighted by molar-refractivity contribution is 0.0524. The molecule has 2 heterocycles. The summed E-state index contributed by atoms with van der Waals surface area (Å²) in [6.07, 6.45) is 1.34. The molecule has 8 heteroatoms. The molecule has 0 aliphatic heterocycles. The molecule has 0 aliphatic carbocycles. The van der Waals surface area contributed by atoms with Crippen LogP contribution in [-0.4, -0.2) is 29.1 Å². The molecule has 3 aromatic carbocycles. The highest BCUT2D eigenvalue weighted by Crippen LogP contribution is 2.31. The molecule has 0 bridgehead atoms. The molecule has 5 aromatic rings. The summed E-state index contributed by atoms with van der Waals surface area (Å²) < 4.78 is 36.0. The molecule has 0 aliphatic rings. The molecule has 0 spiro atoms. The number of carbonyl (C=O) groups is 1. The van der Waals surface area contributed by atoms with Gasteiger partial charge in [0.05, 0.1) is 18.7 Å². The zero-order valence-electron chi connectivity index (χ0n) is 22.2. The first-order valence-electron chi connectivity index (χ1n) is 12.9. The maximum absolute atomic E-state index is 14.7. The largest absolute Gasteiger partial charge is 0.462 e. The van der Waals surface area contributed by atoms with Gasteiger partial charge in [-0.05, 0) is 77.3 Å². The van der Waals surface area contributed by atoms with Gasteiger partial charge in [-0.3, -0.25) is 9.69 Å². The third kappa shape index (κ3) is 5.73.